The summed E-state index contributed by atoms with van der Waals surface area (Å²) in [6.07, 6.45) is 8.43. The highest BCUT2D eigenvalue weighted by Gasteiger charge is 2.26. The molecular weight excluding hydrogens is 536 g/mol. The van der Waals surface area contributed by atoms with Crippen molar-refractivity contribution < 1.29 is 14.4 Å². The van der Waals surface area contributed by atoms with Crippen LogP contribution in [0.2, 0.25) is 5.15 Å². The summed E-state index contributed by atoms with van der Waals surface area (Å²) in [6, 6.07) is 5.38. The molecule has 40 heavy (non-hydrogen) atoms. The fourth-order valence-electron chi connectivity index (χ4n) is 4.56. The zero-order valence-corrected chi connectivity index (χ0v) is 23.2. The van der Waals surface area contributed by atoms with E-state index in [2.05, 4.69) is 36.6 Å². The summed E-state index contributed by atoms with van der Waals surface area (Å²) in [6.45, 7) is -0.0360. The number of hydrogen-bond donors (Lipinski definition) is 5. The third-order valence-corrected chi connectivity index (χ3v) is 7.14. The van der Waals surface area contributed by atoms with Crippen molar-refractivity contribution in [2.24, 2.45) is 0 Å². The van der Waals surface area contributed by atoms with Crippen LogP contribution in [0.1, 0.15) is 49.0 Å². The molecule has 14 heteroatoms. The maximum Gasteiger partial charge on any atom is 0.315 e. The molecule has 2 aliphatic carbocycles. The Balaban J connectivity index is 1.24. The topological polar surface area (TPSA) is 158 Å². The van der Waals surface area contributed by atoms with Gasteiger partial charge >= 0.3 is 6.03 Å². The molecule has 2 saturated carbocycles. The van der Waals surface area contributed by atoms with Gasteiger partial charge < -0.3 is 31.5 Å². The van der Waals surface area contributed by atoms with Gasteiger partial charge in [-0.3, -0.25) is 9.59 Å². The predicted molar refractivity (Wildman–Crippen MR) is 152 cm³/mol. The van der Waals surface area contributed by atoms with Gasteiger partial charge in [0.1, 0.15) is 11.0 Å². The van der Waals surface area contributed by atoms with Crippen LogP contribution in [-0.4, -0.2) is 81.1 Å². The third kappa shape index (κ3) is 6.89. The van der Waals surface area contributed by atoms with Crippen LogP contribution in [0.4, 0.5) is 22.0 Å². The number of urea groups is 1. The molecule has 5 N–H and O–H groups in total. The molecule has 3 aromatic heterocycles. The van der Waals surface area contributed by atoms with Crippen LogP contribution < -0.4 is 26.6 Å². The predicted octanol–water partition coefficient (Wildman–Crippen LogP) is 2.71. The van der Waals surface area contributed by atoms with Gasteiger partial charge in [0, 0.05) is 50.2 Å². The van der Waals surface area contributed by atoms with Gasteiger partial charge in [0.05, 0.1) is 18.4 Å². The highest BCUT2D eigenvalue weighted by atomic mass is 35.5. The van der Waals surface area contributed by atoms with E-state index in [4.69, 9.17) is 16.7 Å². The van der Waals surface area contributed by atoms with E-state index in [9.17, 15) is 14.4 Å². The molecule has 0 bridgehead atoms. The van der Waals surface area contributed by atoms with Crippen LogP contribution in [0.5, 0.6) is 0 Å². The standard InChI is InChI=1S/C26H33ClN10O3/c1-36(2)23(38)14-30-26(40)34-17-7-5-16(6-8-17)32-22-12-19(31-15-3-4-15)24-29-13-20(37(24)35-22)25(39)33-18-9-10-28-21(27)11-18/h9-13,15-17,31H,3-8,14H2,1-2H3,(H,32,35)(H,28,33,39)(H2,30,34,40)/t16-,17-. The molecule has 0 atom stereocenters. The minimum Gasteiger partial charge on any atom is -0.379 e. The molecule has 2 aliphatic rings. The summed E-state index contributed by atoms with van der Waals surface area (Å²) < 4.78 is 1.55. The maximum absolute atomic E-state index is 13.1. The Bertz CT molecular complexity index is 1400. The molecule has 5 rings (SSSR count). The molecule has 212 valence electrons. The summed E-state index contributed by atoms with van der Waals surface area (Å²) in [5.41, 5.74) is 2.19. The molecule has 0 aliphatic heterocycles. The minimum absolute atomic E-state index is 0.0284. The Morgan fingerprint density at radius 1 is 1.00 bits per heavy atom. The summed E-state index contributed by atoms with van der Waals surface area (Å²) in [4.78, 5) is 46.8. The highest BCUT2D eigenvalue weighted by Crippen LogP contribution is 2.30. The van der Waals surface area contributed by atoms with E-state index in [1.807, 2.05) is 6.07 Å². The lowest BCUT2D eigenvalue weighted by atomic mass is 9.91. The number of anilines is 3. The van der Waals surface area contributed by atoms with Crippen molar-refractivity contribution in [3.63, 3.8) is 0 Å². The first-order valence-electron chi connectivity index (χ1n) is 13.3. The van der Waals surface area contributed by atoms with Crippen LogP contribution in [0, 0.1) is 0 Å². The van der Waals surface area contributed by atoms with E-state index in [0.29, 0.717) is 23.2 Å². The van der Waals surface area contributed by atoms with E-state index in [1.54, 1.807) is 30.7 Å². The van der Waals surface area contributed by atoms with E-state index >= 15 is 0 Å². The number of amides is 4. The van der Waals surface area contributed by atoms with Crippen molar-refractivity contribution in [1.82, 2.24) is 35.1 Å². The Kier molecular flexibility index (Phi) is 8.19. The summed E-state index contributed by atoms with van der Waals surface area (Å²) >= 11 is 5.96. The minimum atomic E-state index is -0.367. The Hall–Kier alpha value is -4.13. The molecular formula is C26H33ClN10O3. The maximum atomic E-state index is 13.1. The summed E-state index contributed by atoms with van der Waals surface area (Å²) in [7, 11) is 3.30. The second kappa shape index (κ2) is 11.9. The van der Waals surface area contributed by atoms with E-state index in [-0.39, 0.29) is 47.3 Å². The van der Waals surface area contributed by atoms with Gasteiger partial charge in [-0.15, -0.1) is 5.10 Å². The van der Waals surface area contributed by atoms with Crippen molar-refractivity contribution in [1.29, 1.82) is 0 Å². The van der Waals surface area contributed by atoms with E-state index < -0.39 is 0 Å². The first-order chi connectivity index (χ1) is 19.2. The number of pyridine rings is 1. The van der Waals surface area contributed by atoms with Gasteiger partial charge in [0.15, 0.2) is 11.3 Å². The number of carbonyl (C=O) groups is 3. The molecule has 0 spiro atoms. The number of nitrogens with zero attached hydrogens (tertiary/aromatic N) is 5. The van der Waals surface area contributed by atoms with Crippen LogP contribution in [0.15, 0.2) is 30.6 Å². The van der Waals surface area contributed by atoms with Gasteiger partial charge in [0.25, 0.3) is 5.91 Å². The average Bonchev–Trinajstić information content (AvgIpc) is 3.63. The molecule has 0 saturated heterocycles. The van der Waals surface area contributed by atoms with Gasteiger partial charge in [-0.25, -0.2) is 19.3 Å². The Morgan fingerprint density at radius 3 is 2.40 bits per heavy atom. The number of likely N-dealkylation sites (N-methyl/N-ethyl adjacent to an activating group) is 1. The summed E-state index contributed by atoms with van der Waals surface area (Å²) in [5, 5.41) is 20.4. The van der Waals surface area contributed by atoms with Gasteiger partial charge in [0.2, 0.25) is 5.91 Å². The molecule has 0 radical (unpaired) electrons. The Labute approximate surface area is 236 Å². The zero-order chi connectivity index (χ0) is 28.2. The van der Waals surface area contributed by atoms with Crippen LogP contribution >= 0.6 is 11.6 Å². The lowest BCUT2D eigenvalue weighted by molar-refractivity contribution is -0.127. The fourth-order valence-corrected chi connectivity index (χ4v) is 4.74. The quantitative estimate of drug-likeness (QED) is 0.247. The lowest BCUT2D eigenvalue weighted by Crippen LogP contribution is -2.47. The monoisotopic (exact) mass is 568 g/mol. The van der Waals surface area contributed by atoms with Crippen LogP contribution in [0.25, 0.3) is 5.65 Å². The largest absolute Gasteiger partial charge is 0.379 e. The average molecular weight is 569 g/mol. The first-order valence-corrected chi connectivity index (χ1v) is 13.7. The number of halogens is 1. The molecule has 3 aromatic rings. The second-order valence-corrected chi connectivity index (χ2v) is 10.8. The first kappa shape index (κ1) is 27.4. The van der Waals surface area contributed by atoms with Crippen molar-refractivity contribution in [2.45, 2.75) is 56.7 Å². The number of carbonyl (C=O) groups excluding carboxylic acids is 3. The SMILES string of the molecule is CN(C)C(=O)CNC(=O)N[C@H]1CC[C@H](Nc2cc(NC3CC3)c3ncc(C(=O)Nc4ccnc(Cl)c4)n3n2)CC1. The van der Waals surface area contributed by atoms with Gasteiger partial charge in [-0.2, -0.15) is 0 Å². The second-order valence-electron chi connectivity index (χ2n) is 10.4. The molecule has 13 nitrogen and oxygen atoms in total. The number of hydrogen-bond acceptors (Lipinski definition) is 8. The molecule has 2 fully saturated rings. The third-order valence-electron chi connectivity index (χ3n) is 6.94. The van der Waals surface area contributed by atoms with Crippen molar-refractivity contribution in [2.75, 3.05) is 36.6 Å². The molecule has 0 aromatic carbocycles. The Morgan fingerprint density at radius 2 is 1.70 bits per heavy atom. The lowest BCUT2D eigenvalue weighted by Gasteiger charge is -2.30. The number of fused-ring (bicyclic) bond motifs is 1. The zero-order valence-electron chi connectivity index (χ0n) is 22.4. The molecule has 3 heterocycles. The van der Waals surface area contributed by atoms with Crippen molar-refractivity contribution in [3.8, 4) is 0 Å². The van der Waals surface area contributed by atoms with E-state index in [0.717, 1.165) is 44.2 Å². The summed E-state index contributed by atoms with van der Waals surface area (Å²) in [5.74, 6) is 0.100. The van der Waals surface area contributed by atoms with Crippen molar-refractivity contribution >= 4 is 52.3 Å². The molecule has 0 unspecified atom stereocenters. The number of imidazole rings is 1. The fraction of sp³-hybridized carbons (Fsp3) is 0.462. The number of rotatable bonds is 9. The normalized spacial score (nSPS) is 18.6. The number of aromatic nitrogens is 4. The van der Waals surface area contributed by atoms with Crippen molar-refractivity contribution in [3.05, 3.63) is 41.4 Å². The van der Waals surface area contributed by atoms with Gasteiger partial charge in [-0.1, -0.05) is 11.6 Å². The van der Waals surface area contributed by atoms with Crippen LogP contribution in [-0.2, 0) is 4.79 Å². The molecule has 4 amide bonds. The smallest absolute Gasteiger partial charge is 0.315 e. The van der Waals surface area contributed by atoms with Crippen LogP contribution in [0.3, 0.4) is 0 Å². The van der Waals surface area contributed by atoms with Gasteiger partial charge in [-0.05, 0) is 50.7 Å². The van der Waals surface area contributed by atoms with E-state index in [1.165, 1.54) is 17.3 Å². The number of nitrogens with one attached hydrogen (secondary N) is 5. The highest BCUT2D eigenvalue weighted by molar-refractivity contribution is 6.29.